The van der Waals surface area contributed by atoms with E-state index >= 15 is 0 Å². The lowest BCUT2D eigenvalue weighted by molar-refractivity contribution is -0.155. The Labute approximate surface area is 190 Å². The van der Waals surface area contributed by atoms with Gasteiger partial charge in [-0.25, -0.2) is 4.79 Å². The van der Waals surface area contributed by atoms with Crippen LogP contribution in [0.5, 0.6) is 0 Å². The molecule has 0 aromatic heterocycles. The number of carbonyl (C=O) groups excluding carboxylic acids is 2. The van der Waals surface area contributed by atoms with Crippen molar-refractivity contribution in [2.75, 3.05) is 6.61 Å². The number of nitrogens with zero attached hydrogens (tertiary/aromatic N) is 1. The predicted octanol–water partition coefficient (Wildman–Crippen LogP) is 3.31. The van der Waals surface area contributed by atoms with Crippen molar-refractivity contribution in [1.29, 1.82) is 0 Å². The number of aliphatic carboxylic acids is 1. The van der Waals surface area contributed by atoms with Gasteiger partial charge in [0.25, 0.3) is 0 Å². The Morgan fingerprint density at radius 2 is 1.84 bits per heavy atom. The molecular weight excluding hydrogens is 408 g/mol. The summed E-state index contributed by atoms with van der Waals surface area (Å²) < 4.78 is 5.25. The molecule has 2 N–H and O–H groups in total. The molecule has 2 aliphatic rings. The number of rotatable bonds is 9. The standard InChI is InChI=1S/C25H36N2O5/c1-3-32-24(31)20(13-12-19-10-6-4-7-11-19)26-18(2)22(28)27-21(23(29)30)14-17-25(27)15-8-5-9-16-25/h4,6-7,10-11,18,20-21,26H,3,5,8-9,12-17H2,1-2H3,(H,29,30)/t18-,20?,21-/m0/s1. The molecule has 1 aliphatic carbocycles. The predicted molar refractivity (Wildman–Crippen MR) is 121 cm³/mol. The topological polar surface area (TPSA) is 95.9 Å². The molecule has 1 saturated heterocycles. The lowest BCUT2D eigenvalue weighted by atomic mass is 9.79. The smallest absolute Gasteiger partial charge is 0.326 e. The van der Waals surface area contributed by atoms with Crippen molar-refractivity contribution in [3.63, 3.8) is 0 Å². The number of benzene rings is 1. The van der Waals surface area contributed by atoms with Crippen molar-refractivity contribution in [3.05, 3.63) is 35.9 Å². The summed E-state index contributed by atoms with van der Waals surface area (Å²) in [5.74, 6) is -1.56. The van der Waals surface area contributed by atoms with Gasteiger partial charge in [-0.1, -0.05) is 49.6 Å². The van der Waals surface area contributed by atoms with E-state index in [1.807, 2.05) is 30.3 Å². The Bertz CT molecular complexity index is 791. The van der Waals surface area contributed by atoms with Gasteiger partial charge in [0.2, 0.25) is 5.91 Å². The summed E-state index contributed by atoms with van der Waals surface area (Å²) in [7, 11) is 0. The second kappa shape index (κ2) is 10.9. The van der Waals surface area contributed by atoms with Gasteiger partial charge < -0.3 is 14.7 Å². The quantitative estimate of drug-likeness (QED) is 0.568. The van der Waals surface area contributed by atoms with Gasteiger partial charge in [-0.05, 0) is 57.9 Å². The normalized spacial score (nSPS) is 21.8. The summed E-state index contributed by atoms with van der Waals surface area (Å²) in [6.07, 6.45) is 7.24. The lowest BCUT2D eigenvalue weighted by Crippen LogP contribution is -2.59. The minimum atomic E-state index is -0.945. The zero-order chi connectivity index (χ0) is 23.1. The van der Waals surface area contributed by atoms with E-state index < -0.39 is 24.1 Å². The average Bonchev–Trinajstić information content (AvgIpc) is 3.15. The molecule has 1 aromatic rings. The third kappa shape index (κ3) is 5.49. The fraction of sp³-hybridized carbons (Fsp3) is 0.640. The van der Waals surface area contributed by atoms with Crippen molar-refractivity contribution >= 4 is 17.8 Å². The van der Waals surface area contributed by atoms with Crippen molar-refractivity contribution in [3.8, 4) is 0 Å². The van der Waals surface area contributed by atoms with Crippen LogP contribution in [0.1, 0.15) is 70.8 Å². The largest absolute Gasteiger partial charge is 0.480 e. The van der Waals surface area contributed by atoms with Gasteiger partial charge >= 0.3 is 11.9 Å². The molecule has 1 unspecified atom stereocenters. The van der Waals surface area contributed by atoms with Crippen LogP contribution >= 0.6 is 0 Å². The van der Waals surface area contributed by atoms with Crippen LogP contribution in [0.4, 0.5) is 0 Å². The summed E-state index contributed by atoms with van der Waals surface area (Å²) in [4.78, 5) is 39.8. The Morgan fingerprint density at radius 1 is 1.16 bits per heavy atom. The number of nitrogens with one attached hydrogen (secondary N) is 1. The summed E-state index contributed by atoms with van der Waals surface area (Å²) >= 11 is 0. The fourth-order valence-corrected chi connectivity index (χ4v) is 5.36. The lowest BCUT2D eigenvalue weighted by Gasteiger charge is -2.44. The minimum Gasteiger partial charge on any atom is -0.480 e. The van der Waals surface area contributed by atoms with Crippen LogP contribution in [0.25, 0.3) is 0 Å². The van der Waals surface area contributed by atoms with Gasteiger partial charge in [-0.2, -0.15) is 0 Å². The Morgan fingerprint density at radius 3 is 2.47 bits per heavy atom. The monoisotopic (exact) mass is 444 g/mol. The second-order valence-corrected chi connectivity index (χ2v) is 9.10. The zero-order valence-electron chi connectivity index (χ0n) is 19.2. The van der Waals surface area contributed by atoms with Gasteiger partial charge in [0, 0.05) is 5.54 Å². The number of hydrogen-bond acceptors (Lipinski definition) is 5. The molecule has 3 atom stereocenters. The highest BCUT2D eigenvalue weighted by molar-refractivity contribution is 5.89. The van der Waals surface area contributed by atoms with Crippen molar-refractivity contribution < 1.29 is 24.2 Å². The molecule has 1 saturated carbocycles. The maximum Gasteiger partial charge on any atom is 0.326 e. The van der Waals surface area contributed by atoms with Crippen LogP contribution in [0, 0.1) is 0 Å². The van der Waals surface area contributed by atoms with Crippen LogP contribution < -0.4 is 5.32 Å². The molecule has 1 aliphatic heterocycles. The number of ether oxygens (including phenoxy) is 1. The molecule has 7 nitrogen and oxygen atoms in total. The maximum absolute atomic E-state index is 13.6. The first-order chi connectivity index (χ1) is 15.4. The molecule has 2 fully saturated rings. The van der Waals surface area contributed by atoms with Crippen LogP contribution in [-0.4, -0.2) is 58.1 Å². The molecule has 1 aromatic carbocycles. The van der Waals surface area contributed by atoms with E-state index in [0.717, 1.165) is 44.1 Å². The summed E-state index contributed by atoms with van der Waals surface area (Å²) in [6, 6.07) is 7.75. The minimum absolute atomic E-state index is 0.231. The summed E-state index contributed by atoms with van der Waals surface area (Å²) in [5.41, 5.74) is 0.742. The van der Waals surface area contributed by atoms with Crippen LogP contribution in [0.3, 0.4) is 0 Å². The maximum atomic E-state index is 13.6. The van der Waals surface area contributed by atoms with Crippen LogP contribution in [0.15, 0.2) is 30.3 Å². The summed E-state index contributed by atoms with van der Waals surface area (Å²) in [6.45, 7) is 3.75. The molecule has 32 heavy (non-hydrogen) atoms. The number of likely N-dealkylation sites (tertiary alicyclic amines) is 1. The number of esters is 1. The first-order valence-electron chi connectivity index (χ1n) is 11.9. The molecular formula is C25H36N2O5. The van der Waals surface area contributed by atoms with Gasteiger partial charge in [0.15, 0.2) is 0 Å². The van der Waals surface area contributed by atoms with E-state index in [-0.39, 0.29) is 24.0 Å². The van der Waals surface area contributed by atoms with Crippen molar-refractivity contribution in [1.82, 2.24) is 10.2 Å². The molecule has 1 heterocycles. The van der Waals surface area contributed by atoms with E-state index in [9.17, 15) is 19.5 Å². The average molecular weight is 445 g/mol. The molecule has 1 spiro atoms. The third-order valence-electron chi connectivity index (χ3n) is 6.97. The van der Waals surface area contributed by atoms with Gasteiger partial charge in [0.05, 0.1) is 12.6 Å². The number of carboxylic acid groups (broad SMARTS) is 1. The highest BCUT2D eigenvalue weighted by atomic mass is 16.5. The molecule has 0 radical (unpaired) electrons. The van der Waals surface area contributed by atoms with Gasteiger partial charge in [-0.15, -0.1) is 0 Å². The Balaban J connectivity index is 1.74. The van der Waals surface area contributed by atoms with Gasteiger partial charge in [0.1, 0.15) is 12.1 Å². The van der Waals surface area contributed by atoms with E-state index in [1.165, 1.54) is 0 Å². The van der Waals surface area contributed by atoms with E-state index in [0.29, 0.717) is 19.3 Å². The molecule has 3 rings (SSSR count). The number of amides is 1. The van der Waals surface area contributed by atoms with Crippen molar-refractivity contribution in [2.24, 2.45) is 0 Å². The number of aryl methyl sites for hydroxylation is 1. The molecule has 7 heteroatoms. The summed E-state index contributed by atoms with van der Waals surface area (Å²) in [5, 5.41) is 13.0. The Hall–Kier alpha value is -2.41. The zero-order valence-corrected chi connectivity index (χ0v) is 19.2. The number of carbonyl (C=O) groups is 3. The van der Waals surface area contributed by atoms with Gasteiger partial charge in [-0.3, -0.25) is 14.9 Å². The van der Waals surface area contributed by atoms with E-state index in [4.69, 9.17) is 4.74 Å². The SMILES string of the molecule is CCOC(=O)C(CCc1ccccc1)N[C@@H](C)C(=O)N1[C@H](C(=O)O)CCC12CCCCC2. The molecule has 176 valence electrons. The first-order valence-corrected chi connectivity index (χ1v) is 11.9. The highest BCUT2D eigenvalue weighted by Gasteiger charge is 2.52. The van der Waals surface area contributed by atoms with E-state index in [1.54, 1.807) is 18.7 Å². The highest BCUT2D eigenvalue weighted by Crippen LogP contribution is 2.44. The van der Waals surface area contributed by atoms with Crippen LogP contribution in [0.2, 0.25) is 0 Å². The van der Waals surface area contributed by atoms with Crippen molar-refractivity contribution in [2.45, 2.75) is 95.3 Å². The Kier molecular flexibility index (Phi) is 8.29. The first kappa shape index (κ1) is 24.2. The molecule has 0 bridgehead atoms. The second-order valence-electron chi connectivity index (χ2n) is 9.10. The fourth-order valence-electron chi connectivity index (χ4n) is 5.36. The molecule has 1 amide bonds. The third-order valence-corrected chi connectivity index (χ3v) is 6.97. The number of hydrogen-bond donors (Lipinski definition) is 2. The van der Waals surface area contributed by atoms with Crippen LogP contribution in [-0.2, 0) is 25.5 Å². The van der Waals surface area contributed by atoms with E-state index in [2.05, 4.69) is 5.32 Å². The number of carboxylic acids is 1.